The molecule has 0 amide bonds. The second kappa shape index (κ2) is 8.02. The van der Waals surface area contributed by atoms with Crippen molar-refractivity contribution in [1.82, 2.24) is 9.71 Å². The van der Waals surface area contributed by atoms with Crippen molar-refractivity contribution in [1.29, 1.82) is 0 Å². The van der Waals surface area contributed by atoms with E-state index < -0.39 is 0 Å². The summed E-state index contributed by atoms with van der Waals surface area (Å²) < 4.78 is 15.2. The molecular formula is C24H20ClFN2O. The molecule has 0 aliphatic rings. The smallest absolute Gasteiger partial charge is 0.141 e. The van der Waals surface area contributed by atoms with Gasteiger partial charge in [-0.2, -0.15) is 4.73 Å². The van der Waals surface area contributed by atoms with Gasteiger partial charge in [-0.25, -0.2) is 4.39 Å². The van der Waals surface area contributed by atoms with Gasteiger partial charge in [-0.3, -0.25) is 0 Å². The summed E-state index contributed by atoms with van der Waals surface area (Å²) in [4.78, 5) is 9.13. The summed E-state index contributed by atoms with van der Waals surface area (Å²) in [5.74, 6) is -0.342. The SMILES string of the molecule is C=C/C(=C\c1c(C)ccn1OCc1cc(F)ccc1Cl)c1ccc2cc[nH]c2c1. The Morgan fingerprint density at radius 3 is 2.90 bits per heavy atom. The summed E-state index contributed by atoms with van der Waals surface area (Å²) in [7, 11) is 0. The lowest BCUT2D eigenvalue weighted by Crippen LogP contribution is -2.12. The minimum atomic E-state index is -0.342. The molecule has 0 atom stereocenters. The number of nitrogens with one attached hydrogen (secondary N) is 1. The molecule has 0 fully saturated rings. The van der Waals surface area contributed by atoms with Crippen LogP contribution in [0.4, 0.5) is 4.39 Å². The minimum Gasteiger partial charge on any atom is -0.409 e. The Balaban J connectivity index is 1.64. The van der Waals surface area contributed by atoms with Gasteiger partial charge in [-0.1, -0.05) is 36.4 Å². The maximum Gasteiger partial charge on any atom is 0.141 e. The second-order valence-electron chi connectivity index (χ2n) is 6.80. The molecule has 0 spiro atoms. The third kappa shape index (κ3) is 3.98. The molecule has 0 saturated heterocycles. The van der Waals surface area contributed by atoms with E-state index in [1.54, 1.807) is 4.73 Å². The Bertz CT molecular complexity index is 1220. The van der Waals surface area contributed by atoms with Crippen molar-refractivity contribution < 1.29 is 9.23 Å². The fraction of sp³-hybridized carbons (Fsp3) is 0.0833. The van der Waals surface area contributed by atoms with Crippen LogP contribution in [-0.2, 0) is 6.61 Å². The fourth-order valence-corrected chi connectivity index (χ4v) is 3.41. The van der Waals surface area contributed by atoms with Crippen LogP contribution >= 0.6 is 11.6 Å². The Morgan fingerprint density at radius 1 is 1.21 bits per heavy atom. The van der Waals surface area contributed by atoms with Gasteiger partial charge in [0, 0.05) is 28.5 Å². The van der Waals surface area contributed by atoms with Gasteiger partial charge in [-0.15, -0.1) is 0 Å². The van der Waals surface area contributed by atoms with Gasteiger partial charge in [0.05, 0.1) is 5.69 Å². The quantitative estimate of drug-likeness (QED) is 0.367. The van der Waals surface area contributed by atoms with Crippen LogP contribution in [0.5, 0.6) is 0 Å². The molecule has 1 N–H and O–H groups in total. The first-order valence-electron chi connectivity index (χ1n) is 9.22. The van der Waals surface area contributed by atoms with Crippen LogP contribution in [-0.4, -0.2) is 9.71 Å². The molecule has 2 aromatic carbocycles. The predicted molar refractivity (Wildman–Crippen MR) is 117 cm³/mol. The number of aryl methyl sites for hydroxylation is 1. The zero-order valence-corrected chi connectivity index (χ0v) is 16.7. The van der Waals surface area contributed by atoms with Gasteiger partial charge >= 0.3 is 0 Å². The van der Waals surface area contributed by atoms with Crippen molar-refractivity contribution in [3.63, 3.8) is 0 Å². The molecule has 2 aromatic heterocycles. The molecular weight excluding hydrogens is 387 g/mol. The molecule has 0 saturated carbocycles. The third-order valence-corrected chi connectivity index (χ3v) is 5.24. The highest BCUT2D eigenvalue weighted by molar-refractivity contribution is 6.31. The number of hydrogen-bond donors (Lipinski definition) is 1. The molecule has 146 valence electrons. The van der Waals surface area contributed by atoms with Crippen molar-refractivity contribution in [3.05, 3.63) is 107 Å². The Morgan fingerprint density at radius 2 is 2.07 bits per heavy atom. The number of H-pyrrole nitrogens is 1. The first-order chi connectivity index (χ1) is 14.0. The minimum absolute atomic E-state index is 0.156. The van der Waals surface area contributed by atoms with Gasteiger partial charge in [-0.05, 0) is 71.5 Å². The van der Waals surface area contributed by atoms with Gasteiger partial charge in [0.25, 0.3) is 0 Å². The molecule has 3 nitrogen and oxygen atoms in total. The van der Waals surface area contributed by atoms with Crippen LogP contribution in [0.2, 0.25) is 5.02 Å². The van der Waals surface area contributed by atoms with E-state index in [1.807, 2.05) is 43.6 Å². The zero-order chi connectivity index (χ0) is 20.4. The summed E-state index contributed by atoms with van der Waals surface area (Å²) in [5.41, 5.74) is 5.62. The summed E-state index contributed by atoms with van der Waals surface area (Å²) in [6.07, 6.45) is 7.61. The molecule has 2 heterocycles. The van der Waals surface area contributed by atoms with Crippen LogP contribution in [0.15, 0.2) is 73.6 Å². The van der Waals surface area contributed by atoms with Crippen molar-refractivity contribution >= 4 is 34.2 Å². The van der Waals surface area contributed by atoms with E-state index in [9.17, 15) is 4.39 Å². The maximum absolute atomic E-state index is 13.5. The molecule has 4 aromatic rings. The van der Waals surface area contributed by atoms with Crippen molar-refractivity contribution in [2.75, 3.05) is 0 Å². The largest absolute Gasteiger partial charge is 0.409 e. The van der Waals surface area contributed by atoms with E-state index in [0.717, 1.165) is 33.3 Å². The van der Waals surface area contributed by atoms with E-state index in [2.05, 4.69) is 29.8 Å². The Labute approximate surface area is 173 Å². The molecule has 4 rings (SSSR count). The first-order valence-corrected chi connectivity index (χ1v) is 9.60. The lowest BCUT2D eigenvalue weighted by molar-refractivity contribution is 0.0964. The fourth-order valence-electron chi connectivity index (χ4n) is 3.24. The number of rotatable bonds is 6. The number of aromatic nitrogens is 2. The van der Waals surface area contributed by atoms with E-state index in [4.69, 9.17) is 16.4 Å². The van der Waals surface area contributed by atoms with Crippen LogP contribution < -0.4 is 4.84 Å². The maximum atomic E-state index is 13.5. The first kappa shape index (κ1) is 19.1. The number of hydrogen-bond acceptors (Lipinski definition) is 1. The van der Waals surface area contributed by atoms with Crippen LogP contribution in [0, 0.1) is 12.7 Å². The van der Waals surface area contributed by atoms with Gasteiger partial charge in [0.15, 0.2) is 0 Å². The van der Waals surface area contributed by atoms with Gasteiger partial charge in [0.1, 0.15) is 12.4 Å². The molecule has 0 unspecified atom stereocenters. The van der Waals surface area contributed by atoms with Crippen molar-refractivity contribution in [3.8, 4) is 0 Å². The Hall–Kier alpha value is -3.24. The topological polar surface area (TPSA) is 29.9 Å². The number of halogens is 2. The third-order valence-electron chi connectivity index (χ3n) is 4.87. The predicted octanol–water partition coefficient (Wildman–Crippen LogP) is 6.43. The van der Waals surface area contributed by atoms with Crippen molar-refractivity contribution in [2.24, 2.45) is 0 Å². The molecule has 29 heavy (non-hydrogen) atoms. The Kier molecular flexibility index (Phi) is 5.28. The average molecular weight is 407 g/mol. The number of nitrogens with zero attached hydrogens (tertiary/aromatic N) is 1. The highest BCUT2D eigenvalue weighted by Gasteiger charge is 2.09. The van der Waals surface area contributed by atoms with Crippen LogP contribution in [0.3, 0.4) is 0 Å². The van der Waals surface area contributed by atoms with E-state index in [-0.39, 0.29) is 12.4 Å². The molecule has 0 bridgehead atoms. The normalized spacial score (nSPS) is 11.8. The van der Waals surface area contributed by atoms with Gasteiger partial charge in [0.2, 0.25) is 0 Å². The molecule has 0 aliphatic carbocycles. The highest BCUT2D eigenvalue weighted by atomic mass is 35.5. The number of allylic oxidation sites excluding steroid dienone is 2. The monoisotopic (exact) mass is 406 g/mol. The van der Waals surface area contributed by atoms with E-state index in [0.29, 0.717) is 10.6 Å². The average Bonchev–Trinajstić information content (AvgIpc) is 3.32. The summed E-state index contributed by atoms with van der Waals surface area (Å²) >= 11 is 6.15. The van der Waals surface area contributed by atoms with E-state index >= 15 is 0 Å². The standard InChI is InChI=1S/C24H20ClFN2O/c1-3-17(19-5-4-18-8-10-27-23(18)13-19)14-24-16(2)9-11-28(24)29-15-20-12-21(26)6-7-22(20)25/h3-14,27H,1,15H2,2H3/b17-14+. The highest BCUT2D eigenvalue weighted by Crippen LogP contribution is 2.25. The van der Waals surface area contributed by atoms with Gasteiger partial charge < -0.3 is 9.82 Å². The number of aromatic amines is 1. The lowest BCUT2D eigenvalue weighted by atomic mass is 10.0. The van der Waals surface area contributed by atoms with Crippen LogP contribution in [0.25, 0.3) is 22.6 Å². The summed E-state index contributed by atoms with van der Waals surface area (Å²) in [6.45, 7) is 6.14. The van der Waals surface area contributed by atoms with E-state index in [1.165, 1.54) is 18.2 Å². The molecule has 5 heteroatoms. The molecule has 0 radical (unpaired) electrons. The van der Waals surface area contributed by atoms with Crippen LogP contribution in [0.1, 0.15) is 22.4 Å². The number of fused-ring (bicyclic) bond motifs is 1. The second-order valence-corrected chi connectivity index (χ2v) is 7.21. The molecule has 0 aliphatic heterocycles. The number of benzene rings is 2. The summed E-state index contributed by atoms with van der Waals surface area (Å²) in [6, 6.07) is 14.5. The lowest BCUT2D eigenvalue weighted by Gasteiger charge is -2.12. The summed E-state index contributed by atoms with van der Waals surface area (Å²) in [5, 5.41) is 1.63. The van der Waals surface area contributed by atoms with Crippen molar-refractivity contribution in [2.45, 2.75) is 13.5 Å². The zero-order valence-electron chi connectivity index (χ0n) is 16.0.